The summed E-state index contributed by atoms with van der Waals surface area (Å²) in [5.74, 6) is -0.424. The molecule has 1 heterocycles. The van der Waals surface area contributed by atoms with Crippen molar-refractivity contribution < 1.29 is 4.39 Å². The third-order valence-electron chi connectivity index (χ3n) is 4.15. The number of aromatic amines is 1. The fourth-order valence-electron chi connectivity index (χ4n) is 2.85. The monoisotopic (exact) mass is 344 g/mol. The fraction of sp³-hybridized carbons (Fsp3) is 0.0500. The van der Waals surface area contributed by atoms with E-state index in [1.54, 1.807) is 30.3 Å². The smallest absolute Gasteiger partial charge is 0.268 e. The van der Waals surface area contributed by atoms with Crippen molar-refractivity contribution in [3.8, 4) is 34.4 Å². The Labute approximate surface area is 148 Å². The molecule has 26 heavy (non-hydrogen) atoms. The zero-order chi connectivity index (χ0) is 18.8. The standard InChI is InChI=1S/C20H13FN4O/c1-11-2-7-14(21)8-15(11)12-3-5-13(6-4-12)18-16(9-22)19(24)25-20(26)17(18)10-23/h2-8H,1H3,(H3,24,25,26). The van der Waals surface area contributed by atoms with Crippen LogP contribution in [0.5, 0.6) is 0 Å². The van der Waals surface area contributed by atoms with E-state index >= 15 is 0 Å². The van der Waals surface area contributed by atoms with Crippen LogP contribution in [0.25, 0.3) is 22.3 Å². The van der Waals surface area contributed by atoms with Crippen molar-refractivity contribution in [3.05, 3.63) is 75.3 Å². The number of halogens is 1. The molecule has 6 heteroatoms. The molecule has 3 aromatic rings. The summed E-state index contributed by atoms with van der Waals surface area (Å²) in [5, 5.41) is 18.7. The number of aryl methyl sites for hydroxylation is 1. The largest absolute Gasteiger partial charge is 0.384 e. The van der Waals surface area contributed by atoms with Crippen LogP contribution in [0, 0.1) is 35.4 Å². The predicted octanol–water partition coefficient (Wildman–Crippen LogP) is 3.48. The Balaban J connectivity index is 2.20. The Kier molecular flexibility index (Phi) is 4.26. The first-order chi connectivity index (χ1) is 12.5. The summed E-state index contributed by atoms with van der Waals surface area (Å²) < 4.78 is 13.5. The first-order valence-corrected chi connectivity index (χ1v) is 7.69. The Morgan fingerprint density at radius 1 is 1.00 bits per heavy atom. The van der Waals surface area contributed by atoms with Crippen molar-refractivity contribution in [1.29, 1.82) is 10.5 Å². The fourth-order valence-corrected chi connectivity index (χ4v) is 2.85. The van der Waals surface area contributed by atoms with Gasteiger partial charge in [0.05, 0.1) is 0 Å². The molecule has 2 aromatic carbocycles. The van der Waals surface area contributed by atoms with Gasteiger partial charge in [-0.2, -0.15) is 10.5 Å². The lowest BCUT2D eigenvalue weighted by Crippen LogP contribution is -2.16. The molecule has 0 bridgehead atoms. The molecule has 0 unspecified atom stereocenters. The SMILES string of the molecule is Cc1ccc(F)cc1-c1ccc(-c2c(C#N)c(N)[nH]c(=O)c2C#N)cc1. The second-order valence-electron chi connectivity index (χ2n) is 5.75. The maximum atomic E-state index is 13.5. The van der Waals surface area contributed by atoms with Crippen molar-refractivity contribution in [2.24, 2.45) is 0 Å². The number of anilines is 1. The molecule has 1 aromatic heterocycles. The van der Waals surface area contributed by atoms with Crippen molar-refractivity contribution >= 4 is 5.82 Å². The number of nitrogen functional groups attached to an aromatic ring is 1. The van der Waals surface area contributed by atoms with Gasteiger partial charge in [-0.25, -0.2) is 4.39 Å². The van der Waals surface area contributed by atoms with Gasteiger partial charge in [-0.05, 0) is 41.3 Å². The molecule has 5 nitrogen and oxygen atoms in total. The number of nitrogens with one attached hydrogen (secondary N) is 1. The summed E-state index contributed by atoms with van der Waals surface area (Å²) in [6.07, 6.45) is 0. The normalized spacial score (nSPS) is 10.2. The quantitative estimate of drug-likeness (QED) is 0.742. The minimum Gasteiger partial charge on any atom is -0.384 e. The van der Waals surface area contributed by atoms with Crippen LogP contribution in [0.4, 0.5) is 10.2 Å². The number of nitriles is 2. The highest BCUT2D eigenvalue weighted by atomic mass is 19.1. The summed E-state index contributed by atoms with van der Waals surface area (Å²) in [6, 6.07) is 15.1. The zero-order valence-corrected chi connectivity index (χ0v) is 13.8. The van der Waals surface area contributed by atoms with E-state index in [0.717, 1.165) is 16.7 Å². The van der Waals surface area contributed by atoms with Gasteiger partial charge >= 0.3 is 0 Å². The molecule has 0 saturated carbocycles. The van der Waals surface area contributed by atoms with E-state index < -0.39 is 5.56 Å². The lowest BCUT2D eigenvalue weighted by atomic mass is 9.94. The van der Waals surface area contributed by atoms with Gasteiger partial charge in [0, 0.05) is 5.56 Å². The molecule has 0 aliphatic rings. The molecule has 0 saturated heterocycles. The summed E-state index contributed by atoms with van der Waals surface area (Å²) in [5.41, 5.74) is 8.07. The maximum Gasteiger partial charge on any atom is 0.268 e. The summed E-state index contributed by atoms with van der Waals surface area (Å²) in [7, 11) is 0. The lowest BCUT2D eigenvalue weighted by molar-refractivity contribution is 0.628. The number of benzene rings is 2. The van der Waals surface area contributed by atoms with Crippen molar-refractivity contribution in [2.75, 3.05) is 5.73 Å². The van der Waals surface area contributed by atoms with E-state index in [2.05, 4.69) is 4.98 Å². The molecule has 0 amide bonds. The van der Waals surface area contributed by atoms with Crippen LogP contribution in [-0.4, -0.2) is 4.98 Å². The molecule has 0 fully saturated rings. The Hall–Kier alpha value is -3.90. The summed E-state index contributed by atoms with van der Waals surface area (Å²) in [6.45, 7) is 1.88. The van der Waals surface area contributed by atoms with E-state index in [0.29, 0.717) is 5.56 Å². The second-order valence-corrected chi connectivity index (χ2v) is 5.75. The summed E-state index contributed by atoms with van der Waals surface area (Å²) in [4.78, 5) is 14.3. The van der Waals surface area contributed by atoms with Gasteiger partial charge in [0.2, 0.25) is 0 Å². The molecule has 126 valence electrons. The number of hydrogen-bond donors (Lipinski definition) is 2. The predicted molar refractivity (Wildman–Crippen MR) is 96.5 cm³/mol. The van der Waals surface area contributed by atoms with Gasteiger partial charge in [0.1, 0.15) is 34.9 Å². The molecule has 3 rings (SSSR count). The highest BCUT2D eigenvalue weighted by molar-refractivity contribution is 5.81. The molecule has 0 radical (unpaired) electrons. The van der Waals surface area contributed by atoms with Gasteiger partial charge in [-0.1, -0.05) is 30.3 Å². The average Bonchev–Trinajstić information content (AvgIpc) is 2.63. The molecule has 3 N–H and O–H groups in total. The molecular formula is C20H13FN4O. The molecule has 0 aliphatic heterocycles. The van der Waals surface area contributed by atoms with Crippen molar-refractivity contribution in [2.45, 2.75) is 6.92 Å². The lowest BCUT2D eigenvalue weighted by Gasteiger charge is -2.11. The summed E-state index contributed by atoms with van der Waals surface area (Å²) >= 11 is 0. The third kappa shape index (κ3) is 2.81. The van der Waals surface area contributed by atoms with E-state index in [1.807, 2.05) is 19.1 Å². The van der Waals surface area contributed by atoms with Gasteiger partial charge in [0.25, 0.3) is 5.56 Å². The van der Waals surface area contributed by atoms with Crippen LogP contribution < -0.4 is 11.3 Å². The number of rotatable bonds is 2. The van der Waals surface area contributed by atoms with Crippen LogP contribution in [0.1, 0.15) is 16.7 Å². The van der Waals surface area contributed by atoms with Crippen LogP contribution >= 0.6 is 0 Å². The Morgan fingerprint density at radius 2 is 1.62 bits per heavy atom. The van der Waals surface area contributed by atoms with Crippen LogP contribution in [0.15, 0.2) is 47.3 Å². The third-order valence-corrected chi connectivity index (χ3v) is 4.15. The molecular weight excluding hydrogens is 331 g/mol. The van der Waals surface area contributed by atoms with E-state index in [-0.39, 0.29) is 28.3 Å². The van der Waals surface area contributed by atoms with E-state index in [9.17, 15) is 19.7 Å². The Morgan fingerprint density at radius 3 is 2.23 bits per heavy atom. The number of pyridine rings is 1. The molecule has 0 aliphatic carbocycles. The number of nitrogens with two attached hydrogens (primary N) is 1. The van der Waals surface area contributed by atoms with Crippen LogP contribution in [0.3, 0.4) is 0 Å². The minimum absolute atomic E-state index is 0.0378. The van der Waals surface area contributed by atoms with Gasteiger partial charge in [0.15, 0.2) is 0 Å². The van der Waals surface area contributed by atoms with Crippen LogP contribution in [-0.2, 0) is 0 Å². The minimum atomic E-state index is -0.649. The highest BCUT2D eigenvalue weighted by Crippen LogP contribution is 2.31. The first-order valence-electron chi connectivity index (χ1n) is 7.69. The van der Waals surface area contributed by atoms with Gasteiger partial charge in [-0.3, -0.25) is 4.79 Å². The van der Waals surface area contributed by atoms with Gasteiger partial charge < -0.3 is 10.7 Å². The van der Waals surface area contributed by atoms with Crippen molar-refractivity contribution in [3.63, 3.8) is 0 Å². The van der Waals surface area contributed by atoms with Crippen LogP contribution in [0.2, 0.25) is 0 Å². The number of aromatic nitrogens is 1. The number of hydrogen-bond acceptors (Lipinski definition) is 4. The van der Waals surface area contributed by atoms with Crippen molar-refractivity contribution in [1.82, 2.24) is 4.98 Å². The van der Waals surface area contributed by atoms with E-state index in [1.165, 1.54) is 12.1 Å². The average molecular weight is 344 g/mol. The zero-order valence-electron chi connectivity index (χ0n) is 13.8. The molecule has 0 spiro atoms. The maximum absolute atomic E-state index is 13.5. The van der Waals surface area contributed by atoms with E-state index in [4.69, 9.17) is 5.73 Å². The topological polar surface area (TPSA) is 106 Å². The first kappa shape index (κ1) is 16.9. The van der Waals surface area contributed by atoms with Gasteiger partial charge in [-0.15, -0.1) is 0 Å². The number of nitrogens with zero attached hydrogens (tertiary/aromatic N) is 2. The Bertz CT molecular complexity index is 1150. The highest BCUT2D eigenvalue weighted by Gasteiger charge is 2.18. The number of H-pyrrole nitrogens is 1. The second kappa shape index (κ2) is 6.54. The molecule has 0 atom stereocenters.